The van der Waals surface area contributed by atoms with Crippen molar-refractivity contribution in [2.45, 2.75) is 19.4 Å². The molecular formula is C11H16BrN3O2S. The molecule has 2 rings (SSSR count). The van der Waals surface area contributed by atoms with Gasteiger partial charge in [-0.1, -0.05) is 18.3 Å². The fraction of sp³-hybridized carbons (Fsp3) is 0.636. The Kier molecular flexibility index (Phi) is 5.11. The van der Waals surface area contributed by atoms with Crippen molar-refractivity contribution in [1.82, 2.24) is 10.3 Å². The fourth-order valence-electron chi connectivity index (χ4n) is 1.85. The number of aromatic nitrogens is 1. The third-order valence-electron chi connectivity index (χ3n) is 2.78. The Labute approximate surface area is 118 Å². The van der Waals surface area contributed by atoms with Gasteiger partial charge in [-0.25, -0.2) is 4.98 Å². The maximum absolute atomic E-state index is 12.1. The molecule has 100 valence electrons. The first kappa shape index (κ1) is 13.9. The van der Waals surface area contributed by atoms with Crippen molar-refractivity contribution in [3.05, 3.63) is 9.98 Å². The molecule has 2 heterocycles. The van der Waals surface area contributed by atoms with Gasteiger partial charge in [0, 0.05) is 6.04 Å². The predicted octanol–water partition coefficient (Wildman–Crippen LogP) is 1.86. The Balaban J connectivity index is 1.91. The molecule has 5 nitrogen and oxygen atoms in total. The van der Waals surface area contributed by atoms with E-state index >= 15 is 0 Å². The van der Waals surface area contributed by atoms with Crippen LogP contribution in [0.3, 0.4) is 0 Å². The summed E-state index contributed by atoms with van der Waals surface area (Å²) in [5, 5.41) is 6.79. The number of nitrogens with one attached hydrogen (secondary N) is 2. The van der Waals surface area contributed by atoms with Gasteiger partial charge in [0.25, 0.3) is 0 Å². The van der Waals surface area contributed by atoms with Crippen LogP contribution in [0.1, 0.15) is 13.3 Å². The highest BCUT2D eigenvalue weighted by atomic mass is 79.9. The minimum atomic E-state index is -0.140. The number of anilines is 1. The van der Waals surface area contributed by atoms with Crippen LogP contribution in [0.25, 0.3) is 0 Å². The normalized spacial score (nSPS) is 23.2. The number of halogens is 1. The minimum absolute atomic E-state index is 0.0250. The quantitative estimate of drug-likeness (QED) is 0.863. The Morgan fingerprint density at radius 3 is 3.17 bits per heavy atom. The van der Waals surface area contributed by atoms with Crippen LogP contribution in [0, 0.1) is 5.92 Å². The lowest BCUT2D eigenvalue weighted by Gasteiger charge is -2.17. The Morgan fingerprint density at radius 2 is 2.50 bits per heavy atom. The van der Waals surface area contributed by atoms with Crippen LogP contribution in [0.5, 0.6) is 0 Å². The summed E-state index contributed by atoms with van der Waals surface area (Å²) in [6, 6.07) is 0.105. The van der Waals surface area contributed by atoms with Crippen molar-refractivity contribution in [2.24, 2.45) is 5.92 Å². The molecule has 0 aliphatic carbocycles. The third kappa shape index (κ3) is 3.50. The van der Waals surface area contributed by atoms with E-state index in [-0.39, 0.29) is 17.9 Å². The maximum atomic E-state index is 12.1. The highest BCUT2D eigenvalue weighted by Gasteiger charge is 2.33. The summed E-state index contributed by atoms with van der Waals surface area (Å²) >= 11 is 4.73. The highest BCUT2D eigenvalue weighted by molar-refractivity contribution is 9.11. The zero-order valence-corrected chi connectivity index (χ0v) is 12.5. The number of ether oxygens (including phenoxy) is 1. The van der Waals surface area contributed by atoms with Crippen LogP contribution in [0.4, 0.5) is 5.13 Å². The van der Waals surface area contributed by atoms with Gasteiger partial charge in [-0.2, -0.15) is 0 Å². The van der Waals surface area contributed by atoms with Gasteiger partial charge in [0.15, 0.2) is 5.13 Å². The molecule has 2 atom stereocenters. The summed E-state index contributed by atoms with van der Waals surface area (Å²) in [6.07, 6.45) is 2.72. The summed E-state index contributed by atoms with van der Waals surface area (Å²) < 4.78 is 6.29. The molecular weight excluding hydrogens is 318 g/mol. The highest BCUT2D eigenvalue weighted by Crippen LogP contribution is 2.24. The molecule has 1 aromatic heterocycles. The molecule has 2 unspecified atom stereocenters. The number of nitrogens with zero attached hydrogens (tertiary/aromatic N) is 1. The van der Waals surface area contributed by atoms with E-state index in [9.17, 15) is 4.79 Å². The predicted molar refractivity (Wildman–Crippen MR) is 74.8 cm³/mol. The van der Waals surface area contributed by atoms with E-state index in [0.717, 1.165) is 16.8 Å². The first-order chi connectivity index (χ1) is 8.70. The summed E-state index contributed by atoms with van der Waals surface area (Å²) in [5.41, 5.74) is 0. The molecule has 0 aromatic carbocycles. The van der Waals surface area contributed by atoms with Crippen molar-refractivity contribution in [3.63, 3.8) is 0 Å². The van der Waals surface area contributed by atoms with Gasteiger partial charge in [-0.05, 0) is 28.9 Å². The molecule has 1 aliphatic heterocycles. The summed E-state index contributed by atoms with van der Waals surface area (Å²) in [7, 11) is 0. The zero-order chi connectivity index (χ0) is 13.0. The molecule has 1 fully saturated rings. The first-order valence-electron chi connectivity index (χ1n) is 5.94. The molecule has 0 saturated carbocycles. The van der Waals surface area contributed by atoms with E-state index in [1.165, 1.54) is 11.3 Å². The second kappa shape index (κ2) is 6.60. The summed E-state index contributed by atoms with van der Waals surface area (Å²) in [4.78, 5) is 16.2. The van der Waals surface area contributed by atoms with E-state index in [1.807, 2.05) is 0 Å². The van der Waals surface area contributed by atoms with Gasteiger partial charge in [0.1, 0.15) is 0 Å². The SMILES string of the molecule is CCCNC1COCC1C(=O)Nc1ncc(Br)s1. The molecule has 2 N–H and O–H groups in total. The largest absolute Gasteiger partial charge is 0.379 e. The van der Waals surface area contributed by atoms with Crippen LogP contribution in [0.15, 0.2) is 9.98 Å². The molecule has 0 bridgehead atoms. The van der Waals surface area contributed by atoms with Crippen molar-refractivity contribution >= 4 is 38.3 Å². The average molecular weight is 334 g/mol. The Hall–Kier alpha value is -0.500. The lowest BCUT2D eigenvalue weighted by molar-refractivity contribution is -0.120. The van der Waals surface area contributed by atoms with Crippen LogP contribution in [-0.4, -0.2) is 36.7 Å². The van der Waals surface area contributed by atoms with Gasteiger partial charge >= 0.3 is 0 Å². The van der Waals surface area contributed by atoms with Gasteiger partial charge in [-0.3, -0.25) is 4.79 Å². The first-order valence-corrected chi connectivity index (χ1v) is 7.55. The maximum Gasteiger partial charge on any atom is 0.233 e. The van der Waals surface area contributed by atoms with E-state index in [2.05, 4.69) is 38.5 Å². The van der Waals surface area contributed by atoms with Gasteiger partial charge in [-0.15, -0.1) is 0 Å². The Bertz CT molecular complexity index is 413. The molecule has 1 amide bonds. The molecule has 1 aromatic rings. The number of hydrogen-bond acceptors (Lipinski definition) is 5. The minimum Gasteiger partial charge on any atom is -0.379 e. The van der Waals surface area contributed by atoms with Crippen molar-refractivity contribution < 1.29 is 9.53 Å². The van der Waals surface area contributed by atoms with Crippen LogP contribution in [-0.2, 0) is 9.53 Å². The number of rotatable bonds is 5. The number of hydrogen-bond donors (Lipinski definition) is 2. The smallest absolute Gasteiger partial charge is 0.233 e. The zero-order valence-electron chi connectivity index (χ0n) is 10.1. The summed E-state index contributed by atoms with van der Waals surface area (Å²) in [5.74, 6) is -0.165. The molecule has 0 radical (unpaired) electrons. The van der Waals surface area contributed by atoms with Crippen molar-refractivity contribution in [3.8, 4) is 0 Å². The number of carbonyl (C=O) groups excluding carboxylic acids is 1. The van der Waals surface area contributed by atoms with Gasteiger partial charge < -0.3 is 15.4 Å². The molecule has 1 aliphatic rings. The van der Waals surface area contributed by atoms with Crippen molar-refractivity contribution in [2.75, 3.05) is 25.1 Å². The van der Waals surface area contributed by atoms with Crippen LogP contribution >= 0.6 is 27.3 Å². The third-order valence-corrected chi connectivity index (χ3v) is 4.17. The second-order valence-corrected chi connectivity index (χ2v) is 6.57. The Morgan fingerprint density at radius 1 is 1.67 bits per heavy atom. The van der Waals surface area contributed by atoms with Crippen LogP contribution < -0.4 is 10.6 Å². The lowest BCUT2D eigenvalue weighted by atomic mass is 10.0. The van der Waals surface area contributed by atoms with E-state index in [4.69, 9.17) is 4.74 Å². The molecule has 7 heteroatoms. The molecule has 18 heavy (non-hydrogen) atoms. The number of amides is 1. The molecule has 1 saturated heterocycles. The summed E-state index contributed by atoms with van der Waals surface area (Å²) in [6.45, 7) is 4.07. The number of thiazole rings is 1. The van der Waals surface area contributed by atoms with Gasteiger partial charge in [0.2, 0.25) is 5.91 Å². The fourth-order valence-corrected chi connectivity index (χ4v) is 2.96. The lowest BCUT2D eigenvalue weighted by Crippen LogP contribution is -2.41. The van der Waals surface area contributed by atoms with Gasteiger partial charge in [0.05, 0.1) is 29.1 Å². The van der Waals surface area contributed by atoms with E-state index in [1.54, 1.807) is 6.20 Å². The second-order valence-electron chi connectivity index (χ2n) is 4.16. The standard InChI is InChI=1S/C11H16BrN3O2S/c1-2-3-13-8-6-17-5-7(8)10(16)15-11-14-4-9(12)18-11/h4,7-8,13H,2-3,5-6H2,1H3,(H,14,15,16). The molecule has 0 spiro atoms. The average Bonchev–Trinajstić information content (AvgIpc) is 2.95. The van der Waals surface area contributed by atoms with Crippen LogP contribution in [0.2, 0.25) is 0 Å². The number of carbonyl (C=O) groups is 1. The monoisotopic (exact) mass is 333 g/mol. The van der Waals surface area contributed by atoms with E-state index < -0.39 is 0 Å². The topological polar surface area (TPSA) is 63.2 Å². The van der Waals surface area contributed by atoms with Crippen molar-refractivity contribution in [1.29, 1.82) is 0 Å². The van der Waals surface area contributed by atoms with E-state index in [0.29, 0.717) is 18.3 Å².